The molecule has 0 aromatic heterocycles. The summed E-state index contributed by atoms with van der Waals surface area (Å²) in [5.74, 6) is -1.12. The molecule has 0 aliphatic rings. The number of amides is 1. The molecule has 1 N–H and O–H groups in total. The highest BCUT2D eigenvalue weighted by Gasteiger charge is 2.18. The van der Waals surface area contributed by atoms with Crippen molar-refractivity contribution in [2.24, 2.45) is 0 Å². The van der Waals surface area contributed by atoms with Gasteiger partial charge in [0.05, 0.1) is 0 Å². The topological polar surface area (TPSA) is 66.8 Å². The monoisotopic (exact) mass is 217 g/mol. The Bertz CT molecular complexity index is 215. The molecule has 0 saturated carbocycles. The van der Waals surface area contributed by atoms with Gasteiger partial charge in [-0.15, -0.1) is 0 Å². The second-order valence-electron chi connectivity index (χ2n) is 3.61. The van der Waals surface area contributed by atoms with Crippen LogP contribution in [0.15, 0.2) is 0 Å². The first-order chi connectivity index (χ1) is 6.99. The van der Waals surface area contributed by atoms with Gasteiger partial charge >= 0.3 is 5.97 Å². The molecule has 1 amide bonds. The molecule has 0 spiro atoms. The lowest BCUT2D eigenvalue weighted by atomic mass is 10.2. The van der Waals surface area contributed by atoms with Crippen LogP contribution in [0, 0.1) is 0 Å². The number of carboxylic acids is 1. The minimum atomic E-state index is -0.983. The zero-order chi connectivity index (χ0) is 11.8. The van der Waals surface area contributed by atoms with Gasteiger partial charge in [-0.3, -0.25) is 9.59 Å². The van der Waals surface area contributed by atoms with Crippen molar-refractivity contribution in [1.29, 1.82) is 0 Å². The lowest BCUT2D eigenvalue weighted by Gasteiger charge is -2.24. The normalized spacial score (nSPS) is 10.4. The van der Waals surface area contributed by atoms with Crippen molar-refractivity contribution in [3.8, 4) is 0 Å². The lowest BCUT2D eigenvalue weighted by molar-refractivity contribution is -0.145. The smallest absolute Gasteiger partial charge is 0.323 e. The molecule has 0 bridgehead atoms. The van der Waals surface area contributed by atoms with Crippen LogP contribution in [0.3, 0.4) is 0 Å². The average Bonchev–Trinajstić information content (AvgIpc) is 2.13. The number of carboxylic acid groups (broad SMARTS) is 1. The van der Waals surface area contributed by atoms with Gasteiger partial charge in [-0.25, -0.2) is 0 Å². The number of aliphatic carboxylic acids is 1. The van der Waals surface area contributed by atoms with E-state index in [1.54, 1.807) is 21.0 Å². The standard InChI is InChI=1S/C10H19NO4/c1-8(2)11(7-10(13)14)9(12)5-4-6-15-3/h8H,4-7H2,1-3H3,(H,13,14). The summed E-state index contributed by atoms with van der Waals surface area (Å²) in [5.41, 5.74) is 0. The highest BCUT2D eigenvalue weighted by molar-refractivity contribution is 5.81. The van der Waals surface area contributed by atoms with Gasteiger partial charge in [0.15, 0.2) is 0 Å². The van der Waals surface area contributed by atoms with E-state index in [9.17, 15) is 9.59 Å². The maximum absolute atomic E-state index is 11.6. The fourth-order valence-electron chi connectivity index (χ4n) is 1.22. The van der Waals surface area contributed by atoms with E-state index in [4.69, 9.17) is 9.84 Å². The zero-order valence-corrected chi connectivity index (χ0v) is 9.52. The van der Waals surface area contributed by atoms with Gasteiger partial charge in [0.1, 0.15) is 6.54 Å². The molecule has 0 heterocycles. The summed E-state index contributed by atoms with van der Waals surface area (Å²) < 4.78 is 4.83. The van der Waals surface area contributed by atoms with Crippen LogP contribution >= 0.6 is 0 Å². The number of hydrogen-bond donors (Lipinski definition) is 1. The molecule has 5 heteroatoms. The molecule has 0 aliphatic carbocycles. The number of ether oxygens (including phenoxy) is 1. The van der Waals surface area contributed by atoms with E-state index < -0.39 is 5.97 Å². The number of carbonyl (C=O) groups is 2. The third-order valence-electron chi connectivity index (χ3n) is 1.99. The third-order valence-corrected chi connectivity index (χ3v) is 1.99. The summed E-state index contributed by atoms with van der Waals surface area (Å²) in [7, 11) is 1.57. The summed E-state index contributed by atoms with van der Waals surface area (Å²) in [5, 5.41) is 8.63. The van der Waals surface area contributed by atoms with Crippen LogP contribution in [0.2, 0.25) is 0 Å². The van der Waals surface area contributed by atoms with Gasteiger partial charge in [-0.05, 0) is 20.3 Å². The van der Waals surface area contributed by atoms with Crippen LogP contribution in [0.4, 0.5) is 0 Å². The van der Waals surface area contributed by atoms with Crippen molar-refractivity contribution in [2.75, 3.05) is 20.3 Å². The molecule has 0 atom stereocenters. The molecule has 0 unspecified atom stereocenters. The molecular weight excluding hydrogens is 198 g/mol. The highest BCUT2D eigenvalue weighted by atomic mass is 16.5. The van der Waals surface area contributed by atoms with Gasteiger partial charge in [0.25, 0.3) is 0 Å². The molecule has 0 aromatic rings. The van der Waals surface area contributed by atoms with Crippen LogP contribution in [0.5, 0.6) is 0 Å². The average molecular weight is 217 g/mol. The van der Waals surface area contributed by atoms with E-state index in [-0.39, 0.29) is 18.5 Å². The van der Waals surface area contributed by atoms with Crippen molar-refractivity contribution in [3.63, 3.8) is 0 Å². The zero-order valence-electron chi connectivity index (χ0n) is 9.52. The second kappa shape index (κ2) is 7.23. The quantitative estimate of drug-likeness (QED) is 0.638. The van der Waals surface area contributed by atoms with E-state index in [1.807, 2.05) is 0 Å². The maximum Gasteiger partial charge on any atom is 0.323 e. The van der Waals surface area contributed by atoms with Crippen molar-refractivity contribution in [2.45, 2.75) is 32.7 Å². The fraction of sp³-hybridized carbons (Fsp3) is 0.800. The van der Waals surface area contributed by atoms with Crippen molar-refractivity contribution < 1.29 is 19.4 Å². The van der Waals surface area contributed by atoms with Gasteiger partial charge in [0.2, 0.25) is 5.91 Å². The summed E-state index contributed by atoms with van der Waals surface area (Å²) in [6, 6.07) is -0.0869. The molecule has 0 aliphatic heterocycles. The number of carbonyl (C=O) groups excluding carboxylic acids is 1. The largest absolute Gasteiger partial charge is 0.480 e. The molecule has 0 saturated heterocycles. The van der Waals surface area contributed by atoms with Crippen LogP contribution in [0.25, 0.3) is 0 Å². The minimum Gasteiger partial charge on any atom is -0.480 e. The van der Waals surface area contributed by atoms with Crippen molar-refractivity contribution >= 4 is 11.9 Å². The summed E-state index contributed by atoms with van der Waals surface area (Å²) in [4.78, 5) is 23.5. The summed E-state index contributed by atoms with van der Waals surface area (Å²) >= 11 is 0. The highest BCUT2D eigenvalue weighted by Crippen LogP contribution is 2.03. The van der Waals surface area contributed by atoms with Crippen LogP contribution in [0.1, 0.15) is 26.7 Å². The molecule has 0 radical (unpaired) electrons. The second-order valence-corrected chi connectivity index (χ2v) is 3.61. The van der Waals surface area contributed by atoms with Crippen LogP contribution < -0.4 is 0 Å². The fourth-order valence-corrected chi connectivity index (χ4v) is 1.22. The predicted molar refractivity (Wildman–Crippen MR) is 55.6 cm³/mol. The Morgan fingerprint density at radius 3 is 2.40 bits per heavy atom. The Morgan fingerprint density at radius 1 is 1.40 bits per heavy atom. The molecule has 0 rings (SSSR count). The molecule has 5 nitrogen and oxygen atoms in total. The van der Waals surface area contributed by atoms with Gasteiger partial charge < -0.3 is 14.7 Å². The van der Waals surface area contributed by atoms with E-state index in [2.05, 4.69) is 0 Å². The summed E-state index contributed by atoms with van der Waals surface area (Å²) in [6.07, 6.45) is 0.956. The van der Waals surface area contributed by atoms with Crippen LogP contribution in [-0.2, 0) is 14.3 Å². The Balaban J connectivity index is 4.11. The van der Waals surface area contributed by atoms with Crippen molar-refractivity contribution in [1.82, 2.24) is 4.90 Å². The number of rotatable bonds is 7. The van der Waals surface area contributed by atoms with Gasteiger partial charge in [-0.1, -0.05) is 0 Å². The number of nitrogens with zero attached hydrogens (tertiary/aromatic N) is 1. The minimum absolute atomic E-state index is 0.0869. The maximum atomic E-state index is 11.6. The molecular formula is C10H19NO4. The van der Waals surface area contributed by atoms with E-state index in [1.165, 1.54) is 4.90 Å². The van der Waals surface area contributed by atoms with Crippen molar-refractivity contribution in [3.05, 3.63) is 0 Å². The first kappa shape index (κ1) is 13.9. The van der Waals surface area contributed by atoms with E-state index >= 15 is 0 Å². The molecule has 0 fully saturated rings. The summed E-state index contributed by atoms with van der Waals surface area (Å²) in [6.45, 7) is 3.89. The Kier molecular flexibility index (Phi) is 6.70. The lowest BCUT2D eigenvalue weighted by Crippen LogP contribution is -2.40. The van der Waals surface area contributed by atoms with Crippen LogP contribution in [-0.4, -0.2) is 48.2 Å². The number of hydrogen-bond acceptors (Lipinski definition) is 3. The SMILES string of the molecule is COCCCC(=O)N(CC(=O)O)C(C)C. The Morgan fingerprint density at radius 2 is 2.00 bits per heavy atom. The first-order valence-corrected chi connectivity index (χ1v) is 4.99. The van der Waals surface area contributed by atoms with E-state index in [0.29, 0.717) is 19.4 Å². The Hall–Kier alpha value is -1.10. The molecule has 15 heavy (non-hydrogen) atoms. The third kappa shape index (κ3) is 6.06. The van der Waals surface area contributed by atoms with E-state index in [0.717, 1.165) is 0 Å². The molecule has 0 aromatic carbocycles. The first-order valence-electron chi connectivity index (χ1n) is 4.99. The molecule has 88 valence electrons. The van der Waals surface area contributed by atoms with Gasteiger partial charge in [0, 0.05) is 26.2 Å². The van der Waals surface area contributed by atoms with Gasteiger partial charge in [-0.2, -0.15) is 0 Å². The Labute approximate surface area is 90.0 Å². The predicted octanol–water partition coefficient (Wildman–Crippen LogP) is 0.735. The number of methoxy groups -OCH3 is 1.